The third kappa shape index (κ3) is 6.81. The van der Waals surface area contributed by atoms with Crippen LogP contribution in [0.1, 0.15) is 27.7 Å². The Bertz CT molecular complexity index is 318. The van der Waals surface area contributed by atoms with Gasteiger partial charge in [-0.2, -0.15) is 0 Å². The second kappa shape index (κ2) is 6.21. The number of carbonyl (C=O) groups is 1. The maximum atomic E-state index is 11.8. The molecule has 16 heavy (non-hydrogen) atoms. The predicted octanol–water partition coefficient (Wildman–Crippen LogP) is 2.58. The molecular weight excluding hydrogens is 227 g/mol. The van der Waals surface area contributed by atoms with Crippen LogP contribution in [0, 0.1) is 11.8 Å². The van der Waals surface area contributed by atoms with Crippen molar-refractivity contribution in [3.05, 3.63) is 11.6 Å². The Morgan fingerprint density at radius 1 is 1.31 bits per heavy atom. The standard InChI is InChI=1S/C11H21O4P/c1-8(2)5-10(11(12)13)7-16(14,15)6-9(3)4/h5,8-9H,6-7H2,1-4H3,(H,12,13)(H,14,15)/b10-5+. The Morgan fingerprint density at radius 3 is 2.12 bits per heavy atom. The summed E-state index contributed by atoms with van der Waals surface area (Å²) in [6, 6.07) is 0. The maximum Gasteiger partial charge on any atom is 0.331 e. The van der Waals surface area contributed by atoms with Gasteiger partial charge in [0.15, 0.2) is 0 Å². The molecular formula is C11H21O4P. The van der Waals surface area contributed by atoms with Gasteiger partial charge in [-0.1, -0.05) is 33.8 Å². The minimum Gasteiger partial charge on any atom is -0.478 e. The van der Waals surface area contributed by atoms with Crippen molar-refractivity contribution >= 4 is 13.3 Å². The molecule has 0 bridgehead atoms. The van der Waals surface area contributed by atoms with Crippen molar-refractivity contribution in [1.82, 2.24) is 0 Å². The quantitative estimate of drug-likeness (QED) is 0.559. The summed E-state index contributed by atoms with van der Waals surface area (Å²) < 4.78 is 11.8. The van der Waals surface area contributed by atoms with E-state index in [0.29, 0.717) is 0 Å². The fraction of sp³-hybridized carbons (Fsp3) is 0.727. The van der Waals surface area contributed by atoms with Crippen LogP contribution in [0.5, 0.6) is 0 Å². The van der Waals surface area contributed by atoms with Crippen LogP contribution in [-0.4, -0.2) is 28.3 Å². The highest BCUT2D eigenvalue weighted by Crippen LogP contribution is 2.44. The van der Waals surface area contributed by atoms with E-state index in [-0.39, 0.29) is 29.7 Å². The molecule has 1 unspecified atom stereocenters. The van der Waals surface area contributed by atoms with Crippen LogP contribution in [0.2, 0.25) is 0 Å². The lowest BCUT2D eigenvalue weighted by Crippen LogP contribution is -2.10. The van der Waals surface area contributed by atoms with E-state index in [0.717, 1.165) is 0 Å². The summed E-state index contributed by atoms with van der Waals surface area (Å²) in [6.07, 6.45) is 1.46. The van der Waals surface area contributed by atoms with E-state index < -0.39 is 13.3 Å². The Hall–Kier alpha value is -0.600. The van der Waals surface area contributed by atoms with Gasteiger partial charge >= 0.3 is 5.97 Å². The fourth-order valence-corrected chi connectivity index (χ4v) is 3.54. The third-order valence-electron chi connectivity index (χ3n) is 1.88. The smallest absolute Gasteiger partial charge is 0.331 e. The highest BCUT2D eigenvalue weighted by atomic mass is 31.2. The molecule has 4 nitrogen and oxygen atoms in total. The van der Waals surface area contributed by atoms with E-state index in [4.69, 9.17) is 5.11 Å². The molecule has 0 aromatic heterocycles. The normalized spacial score (nSPS) is 16.6. The van der Waals surface area contributed by atoms with Crippen LogP contribution in [0.25, 0.3) is 0 Å². The van der Waals surface area contributed by atoms with E-state index in [2.05, 4.69) is 0 Å². The molecule has 0 radical (unpaired) electrons. The molecule has 0 rings (SSSR count). The van der Waals surface area contributed by atoms with E-state index >= 15 is 0 Å². The molecule has 0 aliphatic heterocycles. The zero-order valence-corrected chi connectivity index (χ0v) is 11.2. The lowest BCUT2D eigenvalue weighted by atomic mass is 10.1. The number of carboxylic acid groups (broad SMARTS) is 1. The summed E-state index contributed by atoms with van der Waals surface area (Å²) in [5, 5.41) is 8.92. The number of aliphatic carboxylic acids is 1. The summed E-state index contributed by atoms with van der Waals surface area (Å²) in [7, 11) is -3.36. The lowest BCUT2D eigenvalue weighted by molar-refractivity contribution is -0.132. The number of hydrogen-bond acceptors (Lipinski definition) is 2. The molecule has 0 fully saturated rings. The van der Waals surface area contributed by atoms with Gasteiger partial charge in [0.2, 0.25) is 7.37 Å². The number of rotatable bonds is 6. The van der Waals surface area contributed by atoms with E-state index in [1.54, 1.807) is 0 Å². The molecule has 0 amide bonds. The Morgan fingerprint density at radius 2 is 1.81 bits per heavy atom. The molecule has 0 aliphatic rings. The molecule has 0 aromatic carbocycles. The highest BCUT2D eigenvalue weighted by Gasteiger charge is 2.24. The van der Waals surface area contributed by atoms with Crippen LogP contribution in [0.15, 0.2) is 11.6 Å². The number of hydrogen-bond donors (Lipinski definition) is 2. The third-order valence-corrected chi connectivity index (χ3v) is 4.01. The molecule has 94 valence electrons. The first-order valence-electron chi connectivity index (χ1n) is 5.39. The van der Waals surface area contributed by atoms with Crippen molar-refractivity contribution in [1.29, 1.82) is 0 Å². The maximum absolute atomic E-state index is 11.8. The van der Waals surface area contributed by atoms with Crippen LogP contribution >= 0.6 is 7.37 Å². The van der Waals surface area contributed by atoms with Gasteiger partial charge in [-0.3, -0.25) is 4.57 Å². The first-order chi connectivity index (χ1) is 7.14. The number of carboxylic acids is 1. The van der Waals surface area contributed by atoms with Gasteiger partial charge in [0.25, 0.3) is 0 Å². The van der Waals surface area contributed by atoms with Crippen molar-refractivity contribution in [3.63, 3.8) is 0 Å². The van der Waals surface area contributed by atoms with Gasteiger partial charge in [0, 0.05) is 11.7 Å². The minimum absolute atomic E-state index is 0.0430. The predicted molar refractivity (Wildman–Crippen MR) is 65.0 cm³/mol. The molecule has 0 aromatic rings. The highest BCUT2D eigenvalue weighted by molar-refractivity contribution is 7.58. The molecule has 0 saturated heterocycles. The van der Waals surface area contributed by atoms with E-state index in [1.165, 1.54) is 6.08 Å². The van der Waals surface area contributed by atoms with Crippen molar-refractivity contribution in [3.8, 4) is 0 Å². The summed E-state index contributed by atoms with van der Waals surface area (Å²) in [5.41, 5.74) is 0.0430. The van der Waals surface area contributed by atoms with Crippen LogP contribution in [0.4, 0.5) is 0 Å². The minimum atomic E-state index is -3.36. The van der Waals surface area contributed by atoms with E-state index in [1.807, 2.05) is 27.7 Å². The molecule has 0 aliphatic carbocycles. The second-order valence-corrected chi connectivity index (χ2v) is 7.20. The van der Waals surface area contributed by atoms with E-state index in [9.17, 15) is 14.3 Å². The van der Waals surface area contributed by atoms with Crippen LogP contribution < -0.4 is 0 Å². The molecule has 0 heterocycles. The average Bonchev–Trinajstić information content (AvgIpc) is 1.98. The SMILES string of the molecule is CC(C)/C=C(\CP(=O)(O)CC(C)C)C(=O)O. The topological polar surface area (TPSA) is 74.6 Å². The van der Waals surface area contributed by atoms with Crippen molar-refractivity contribution < 1.29 is 19.4 Å². The Labute approximate surface area is 96.8 Å². The van der Waals surface area contributed by atoms with Gasteiger partial charge in [-0.05, 0) is 11.8 Å². The summed E-state index contributed by atoms with van der Waals surface area (Å²) in [6.45, 7) is 7.37. The second-order valence-electron chi connectivity index (χ2n) is 4.82. The van der Waals surface area contributed by atoms with Gasteiger partial charge in [-0.25, -0.2) is 4.79 Å². The zero-order valence-electron chi connectivity index (χ0n) is 10.3. The van der Waals surface area contributed by atoms with Crippen molar-refractivity contribution in [2.75, 3.05) is 12.3 Å². The average molecular weight is 248 g/mol. The van der Waals surface area contributed by atoms with Crippen molar-refractivity contribution in [2.24, 2.45) is 11.8 Å². The lowest BCUT2D eigenvalue weighted by Gasteiger charge is -2.14. The summed E-state index contributed by atoms with van der Waals surface area (Å²) in [4.78, 5) is 20.6. The first-order valence-corrected chi connectivity index (χ1v) is 7.42. The van der Waals surface area contributed by atoms with Crippen molar-refractivity contribution in [2.45, 2.75) is 27.7 Å². The Kier molecular flexibility index (Phi) is 5.98. The molecule has 0 saturated carbocycles. The van der Waals surface area contributed by atoms with Crippen LogP contribution in [0.3, 0.4) is 0 Å². The monoisotopic (exact) mass is 248 g/mol. The van der Waals surface area contributed by atoms with Gasteiger partial charge in [0.1, 0.15) is 0 Å². The molecule has 5 heteroatoms. The first kappa shape index (κ1) is 15.4. The Balaban J connectivity index is 4.77. The van der Waals surface area contributed by atoms with Gasteiger partial charge in [0.05, 0.1) is 6.16 Å². The zero-order chi connectivity index (χ0) is 12.9. The summed E-state index contributed by atoms with van der Waals surface area (Å²) in [5.74, 6) is -0.957. The fourth-order valence-electron chi connectivity index (χ4n) is 1.50. The number of allylic oxidation sites excluding steroid dienone is 1. The summed E-state index contributed by atoms with van der Waals surface area (Å²) >= 11 is 0. The molecule has 1 atom stereocenters. The molecule has 2 N–H and O–H groups in total. The van der Waals surface area contributed by atoms with Gasteiger partial charge in [-0.15, -0.1) is 0 Å². The molecule has 0 spiro atoms. The largest absolute Gasteiger partial charge is 0.478 e. The van der Waals surface area contributed by atoms with Crippen LogP contribution in [-0.2, 0) is 9.36 Å². The van der Waals surface area contributed by atoms with Gasteiger partial charge < -0.3 is 10.00 Å².